The number of halogens is 1. The van der Waals surface area contributed by atoms with E-state index in [1.54, 1.807) is 18.4 Å². The lowest BCUT2D eigenvalue weighted by molar-refractivity contribution is -0.0168. The summed E-state index contributed by atoms with van der Waals surface area (Å²) < 4.78 is 46.4. The fourth-order valence-corrected chi connectivity index (χ4v) is 7.01. The summed E-state index contributed by atoms with van der Waals surface area (Å²) in [6.45, 7) is 5.59. The van der Waals surface area contributed by atoms with Crippen molar-refractivity contribution in [1.29, 1.82) is 0 Å². The van der Waals surface area contributed by atoms with Crippen LogP contribution in [0.2, 0.25) is 5.02 Å². The molecule has 0 atom stereocenters. The van der Waals surface area contributed by atoms with Crippen molar-refractivity contribution >= 4 is 44.4 Å². The summed E-state index contributed by atoms with van der Waals surface area (Å²) in [6, 6.07) is 12.6. The molecule has 1 aliphatic heterocycles. The zero-order valence-corrected chi connectivity index (χ0v) is 22.3. The molecule has 0 saturated heterocycles. The largest absolute Gasteiger partial charge is 0.467 e. The highest BCUT2D eigenvalue weighted by molar-refractivity contribution is 7.98. The van der Waals surface area contributed by atoms with Crippen molar-refractivity contribution in [3.63, 3.8) is 0 Å². The average Bonchev–Trinajstić information content (AvgIpc) is 3.51. The molecular weight excluding hydrogens is 522 g/mol. The van der Waals surface area contributed by atoms with Gasteiger partial charge in [-0.1, -0.05) is 37.2 Å². The summed E-state index contributed by atoms with van der Waals surface area (Å²) in [4.78, 5) is 5.06. The van der Waals surface area contributed by atoms with Gasteiger partial charge < -0.3 is 18.5 Å². The minimum Gasteiger partial charge on any atom is -0.467 e. The topological polar surface area (TPSA) is 86.8 Å². The molecule has 8 nitrogen and oxygen atoms in total. The Bertz CT molecular complexity index is 1480. The molecule has 36 heavy (non-hydrogen) atoms. The van der Waals surface area contributed by atoms with Gasteiger partial charge in [-0.3, -0.25) is 0 Å². The summed E-state index contributed by atoms with van der Waals surface area (Å²) in [5.41, 5.74) is 3.30. The van der Waals surface area contributed by atoms with Gasteiger partial charge in [-0.2, -0.15) is 4.31 Å². The lowest BCUT2D eigenvalue weighted by Gasteiger charge is -2.21. The molecule has 4 aromatic rings. The number of aromatic nitrogens is 2. The third-order valence-corrected chi connectivity index (χ3v) is 9.32. The number of hydrogen-bond acceptors (Lipinski definition) is 7. The number of nitrogens with zero attached hydrogens (tertiary/aromatic N) is 3. The zero-order chi connectivity index (χ0) is 25.3. The molecule has 0 spiro atoms. The van der Waals surface area contributed by atoms with Crippen molar-refractivity contribution in [3.05, 3.63) is 70.6 Å². The summed E-state index contributed by atoms with van der Waals surface area (Å²) in [5, 5.41) is 1.35. The second kappa shape index (κ2) is 10.5. The van der Waals surface area contributed by atoms with E-state index in [1.165, 1.54) is 16.1 Å². The molecule has 2 aromatic carbocycles. The maximum absolute atomic E-state index is 13.1. The SMILES string of the molecule is CCN(CC)S(=O)(=O)c1ccc2c(c1)nc(SCc1cc(Cl)cc3c1OCOC3)n2Cc1ccco1. The van der Waals surface area contributed by atoms with Gasteiger partial charge in [0.25, 0.3) is 0 Å². The molecule has 1 aliphatic rings. The molecule has 0 unspecified atom stereocenters. The van der Waals surface area contributed by atoms with Crippen LogP contribution in [0.4, 0.5) is 0 Å². The van der Waals surface area contributed by atoms with Crippen molar-refractivity contribution < 1.29 is 22.3 Å². The summed E-state index contributed by atoms with van der Waals surface area (Å²) in [6.07, 6.45) is 1.63. The summed E-state index contributed by atoms with van der Waals surface area (Å²) >= 11 is 7.88. The predicted octanol–water partition coefficient (Wildman–Crippen LogP) is 5.52. The predicted molar refractivity (Wildman–Crippen MR) is 139 cm³/mol. The van der Waals surface area contributed by atoms with Crippen LogP contribution in [0.25, 0.3) is 11.0 Å². The molecule has 0 radical (unpaired) electrons. The van der Waals surface area contributed by atoms with Gasteiger partial charge in [-0.15, -0.1) is 0 Å². The first-order valence-corrected chi connectivity index (χ1v) is 14.4. The van der Waals surface area contributed by atoms with E-state index in [0.29, 0.717) is 42.5 Å². The van der Waals surface area contributed by atoms with Gasteiger partial charge >= 0.3 is 0 Å². The van der Waals surface area contributed by atoms with E-state index in [1.807, 2.05) is 48.7 Å². The van der Waals surface area contributed by atoms with Crippen molar-refractivity contribution in [1.82, 2.24) is 13.9 Å². The van der Waals surface area contributed by atoms with Crippen LogP contribution < -0.4 is 4.74 Å². The number of fused-ring (bicyclic) bond motifs is 2. The van der Waals surface area contributed by atoms with Crippen LogP contribution in [-0.4, -0.2) is 42.2 Å². The Balaban J connectivity index is 1.53. The van der Waals surface area contributed by atoms with Gasteiger partial charge in [0.2, 0.25) is 10.0 Å². The normalized spacial score (nSPS) is 13.8. The molecule has 0 bridgehead atoms. The Morgan fingerprint density at radius 3 is 2.75 bits per heavy atom. The number of rotatable bonds is 9. The maximum atomic E-state index is 13.1. The Kier molecular flexibility index (Phi) is 7.32. The molecule has 5 rings (SSSR count). The molecule has 0 N–H and O–H groups in total. The monoisotopic (exact) mass is 547 g/mol. The van der Waals surface area contributed by atoms with E-state index in [2.05, 4.69) is 0 Å². The lowest BCUT2D eigenvalue weighted by atomic mass is 10.1. The van der Waals surface area contributed by atoms with E-state index in [4.69, 9.17) is 30.5 Å². The molecule has 3 heterocycles. The highest BCUT2D eigenvalue weighted by Gasteiger charge is 2.24. The zero-order valence-electron chi connectivity index (χ0n) is 19.9. The van der Waals surface area contributed by atoms with Crippen LogP contribution in [0.1, 0.15) is 30.7 Å². The number of furan rings is 1. The number of hydrogen-bond donors (Lipinski definition) is 0. The van der Waals surface area contributed by atoms with Gasteiger partial charge in [-0.05, 0) is 42.5 Å². The third kappa shape index (κ3) is 4.88. The smallest absolute Gasteiger partial charge is 0.243 e. The first kappa shape index (κ1) is 25.2. The summed E-state index contributed by atoms with van der Waals surface area (Å²) in [7, 11) is -3.60. The van der Waals surface area contributed by atoms with Crippen LogP contribution in [-0.2, 0) is 33.7 Å². The van der Waals surface area contributed by atoms with Crippen LogP contribution >= 0.6 is 23.4 Å². The van der Waals surface area contributed by atoms with E-state index >= 15 is 0 Å². The standard InChI is InChI=1S/C25H26ClN3O5S2/c1-3-28(4-2)36(30,31)21-7-8-23-22(12-21)27-25(29(23)13-20-6-5-9-33-20)35-15-18-11-19(26)10-17-14-32-16-34-24(17)18/h5-12H,3-4,13-16H2,1-2H3. The lowest BCUT2D eigenvalue weighted by Crippen LogP contribution is -2.30. The number of imidazole rings is 1. The Labute approximate surface area is 219 Å². The van der Waals surface area contributed by atoms with E-state index in [0.717, 1.165) is 33.3 Å². The van der Waals surface area contributed by atoms with Gasteiger partial charge in [0, 0.05) is 35.0 Å². The first-order valence-electron chi connectivity index (χ1n) is 11.6. The number of ether oxygens (including phenoxy) is 2. The molecular formula is C25H26ClN3O5S2. The minimum absolute atomic E-state index is 0.201. The second-order valence-electron chi connectivity index (χ2n) is 8.25. The Morgan fingerprint density at radius 2 is 2.00 bits per heavy atom. The Hall–Kier alpha value is -2.50. The number of sulfonamides is 1. The molecule has 190 valence electrons. The van der Waals surface area contributed by atoms with Crippen LogP contribution in [0, 0.1) is 0 Å². The quantitative estimate of drug-likeness (QED) is 0.255. The molecule has 0 amide bonds. The third-order valence-electron chi connectivity index (χ3n) is 6.03. The fourth-order valence-electron chi connectivity index (χ4n) is 4.29. The van der Waals surface area contributed by atoms with Crippen LogP contribution in [0.5, 0.6) is 5.75 Å². The fraction of sp³-hybridized carbons (Fsp3) is 0.320. The van der Waals surface area contributed by atoms with Crippen LogP contribution in [0.3, 0.4) is 0 Å². The first-order chi connectivity index (χ1) is 17.4. The van der Waals surface area contributed by atoms with Gasteiger partial charge in [-0.25, -0.2) is 13.4 Å². The molecule has 0 aliphatic carbocycles. The van der Waals surface area contributed by atoms with Crippen molar-refractivity contribution in [2.75, 3.05) is 19.9 Å². The molecule has 0 fully saturated rings. The Morgan fingerprint density at radius 1 is 1.17 bits per heavy atom. The van der Waals surface area contributed by atoms with Crippen molar-refractivity contribution in [2.45, 2.75) is 42.8 Å². The van der Waals surface area contributed by atoms with Crippen molar-refractivity contribution in [2.24, 2.45) is 0 Å². The van der Waals surface area contributed by atoms with E-state index in [9.17, 15) is 8.42 Å². The van der Waals surface area contributed by atoms with Crippen molar-refractivity contribution in [3.8, 4) is 5.75 Å². The highest BCUT2D eigenvalue weighted by atomic mass is 35.5. The van der Waals surface area contributed by atoms with Gasteiger partial charge in [0.15, 0.2) is 11.9 Å². The molecule has 2 aromatic heterocycles. The maximum Gasteiger partial charge on any atom is 0.243 e. The minimum atomic E-state index is -3.60. The van der Waals surface area contributed by atoms with Gasteiger partial charge in [0.05, 0.1) is 35.3 Å². The molecule has 11 heteroatoms. The molecule has 0 saturated carbocycles. The summed E-state index contributed by atoms with van der Waals surface area (Å²) in [5.74, 6) is 2.13. The van der Waals surface area contributed by atoms with E-state index < -0.39 is 10.0 Å². The average molecular weight is 548 g/mol. The number of benzene rings is 2. The highest BCUT2D eigenvalue weighted by Crippen LogP contribution is 2.36. The van der Waals surface area contributed by atoms with Crippen LogP contribution in [0.15, 0.2) is 63.2 Å². The van der Waals surface area contributed by atoms with E-state index in [-0.39, 0.29) is 11.7 Å². The number of thioether (sulfide) groups is 1. The second-order valence-corrected chi connectivity index (χ2v) is 11.6. The van der Waals surface area contributed by atoms with Gasteiger partial charge in [0.1, 0.15) is 11.5 Å².